The van der Waals surface area contributed by atoms with Gasteiger partial charge in [-0.1, -0.05) is 20.8 Å². The Hall–Kier alpha value is -2.10. The van der Waals surface area contributed by atoms with E-state index in [-0.39, 0.29) is 17.9 Å². The molecular weight excluding hydrogens is 345 g/mol. The first-order valence-corrected chi connectivity index (χ1v) is 7.80. The van der Waals surface area contributed by atoms with Gasteiger partial charge in [-0.15, -0.1) is 0 Å². The Morgan fingerprint density at radius 2 is 1.96 bits per heavy atom. The molecule has 1 N–H and O–H groups in total. The number of nitrogens with one attached hydrogen (secondary N) is 1. The molecule has 1 saturated heterocycles. The Kier molecular flexibility index (Phi) is 5.40. The molecule has 1 fully saturated rings. The lowest BCUT2D eigenvalue weighted by molar-refractivity contribution is -0.161. The molecule has 0 aliphatic carbocycles. The fourth-order valence-corrected chi connectivity index (χ4v) is 2.86. The van der Waals surface area contributed by atoms with Crippen LogP contribution < -0.4 is 11.2 Å². The largest absolute Gasteiger partial charge is 0.452 e. The van der Waals surface area contributed by atoms with Crippen LogP contribution in [0.15, 0.2) is 15.8 Å². The molecule has 140 valence electrons. The van der Waals surface area contributed by atoms with Gasteiger partial charge in [0.1, 0.15) is 11.8 Å². The summed E-state index contributed by atoms with van der Waals surface area (Å²) in [6, 6.07) is 0. The second kappa shape index (κ2) is 7.03. The molecule has 1 aromatic heterocycles. The van der Waals surface area contributed by atoms with Gasteiger partial charge in [0.25, 0.3) is 5.56 Å². The van der Waals surface area contributed by atoms with Crippen molar-refractivity contribution in [3.63, 3.8) is 0 Å². The lowest BCUT2D eigenvalue weighted by Crippen LogP contribution is -2.37. The average Bonchev–Trinajstić information content (AvgIpc) is 2.80. The third-order valence-electron chi connectivity index (χ3n) is 4.41. The van der Waals surface area contributed by atoms with E-state index in [4.69, 9.17) is 4.74 Å². The fourth-order valence-electron chi connectivity index (χ4n) is 2.86. The smallest absolute Gasteiger partial charge is 0.422 e. The van der Waals surface area contributed by atoms with Gasteiger partial charge in [-0.05, 0) is 12.3 Å². The number of hydrogen-bond donors (Lipinski definition) is 1. The molecule has 1 unspecified atom stereocenters. The van der Waals surface area contributed by atoms with Crippen LogP contribution in [0.5, 0.6) is 0 Å². The summed E-state index contributed by atoms with van der Waals surface area (Å²) in [7, 11) is 0. The molecule has 0 amide bonds. The molecule has 1 aliphatic rings. The summed E-state index contributed by atoms with van der Waals surface area (Å²) in [6.45, 7) is 3.90. The van der Waals surface area contributed by atoms with E-state index in [2.05, 4.69) is 4.74 Å². The Bertz CT molecular complexity index is 755. The standard InChI is InChI=1S/C15H19F3N2O5/c1-4-10-7(2)8(3)12(25-10)20-5-9(11(21)19-14(20)23)13(22)24-6-15(16,17)18/h5,7-8,10,12H,4,6H2,1-3H3,(H,19,21,23)/t7?,8-,10+,12+/m0/s1. The first kappa shape index (κ1) is 19.2. The minimum atomic E-state index is -4.72. The summed E-state index contributed by atoms with van der Waals surface area (Å²) < 4.78 is 47.4. The van der Waals surface area contributed by atoms with E-state index in [1.807, 2.05) is 25.8 Å². The number of H-pyrrole nitrogens is 1. The number of carbonyl (C=O) groups is 1. The highest BCUT2D eigenvalue weighted by Gasteiger charge is 2.40. The van der Waals surface area contributed by atoms with E-state index < -0.39 is 41.8 Å². The molecule has 2 heterocycles. The number of rotatable bonds is 4. The minimum Gasteiger partial charge on any atom is -0.452 e. The summed E-state index contributed by atoms with van der Waals surface area (Å²) in [5.41, 5.74) is -2.61. The zero-order valence-electron chi connectivity index (χ0n) is 13.9. The lowest BCUT2D eigenvalue weighted by atomic mass is 9.91. The Balaban J connectivity index is 2.34. The van der Waals surface area contributed by atoms with Gasteiger partial charge in [0.15, 0.2) is 6.61 Å². The van der Waals surface area contributed by atoms with Gasteiger partial charge in [0, 0.05) is 12.1 Å². The molecule has 10 heteroatoms. The molecule has 0 bridgehead atoms. The van der Waals surface area contributed by atoms with Crippen molar-refractivity contribution in [2.75, 3.05) is 6.61 Å². The highest BCUT2D eigenvalue weighted by molar-refractivity contribution is 5.88. The van der Waals surface area contributed by atoms with Crippen LogP contribution in [0.2, 0.25) is 0 Å². The topological polar surface area (TPSA) is 90.4 Å². The number of halogens is 3. The summed E-state index contributed by atoms with van der Waals surface area (Å²) in [6.07, 6.45) is -3.96. The van der Waals surface area contributed by atoms with Gasteiger partial charge in [-0.2, -0.15) is 13.2 Å². The Morgan fingerprint density at radius 3 is 2.48 bits per heavy atom. The highest BCUT2D eigenvalue weighted by Crippen LogP contribution is 2.39. The van der Waals surface area contributed by atoms with Crippen molar-refractivity contribution in [1.29, 1.82) is 0 Å². The number of carbonyl (C=O) groups excluding carboxylic acids is 1. The average molecular weight is 364 g/mol. The second-order valence-corrected chi connectivity index (χ2v) is 6.09. The molecule has 0 spiro atoms. The van der Waals surface area contributed by atoms with Crippen molar-refractivity contribution < 1.29 is 27.4 Å². The normalized spacial score (nSPS) is 26.6. The third kappa shape index (κ3) is 4.12. The van der Waals surface area contributed by atoms with E-state index >= 15 is 0 Å². The molecule has 1 aliphatic heterocycles. The van der Waals surface area contributed by atoms with Crippen LogP contribution in [0.3, 0.4) is 0 Å². The van der Waals surface area contributed by atoms with Gasteiger partial charge >= 0.3 is 17.8 Å². The first-order chi connectivity index (χ1) is 11.5. The van der Waals surface area contributed by atoms with E-state index in [1.54, 1.807) is 0 Å². The fraction of sp³-hybridized carbons (Fsp3) is 0.667. The van der Waals surface area contributed by atoms with Gasteiger partial charge in [-0.3, -0.25) is 14.3 Å². The van der Waals surface area contributed by atoms with Crippen LogP contribution >= 0.6 is 0 Å². The SMILES string of the molecule is CC[C@H]1O[C@@H](n2cc(C(=O)OCC(F)(F)F)c(=O)[nH]c2=O)[C@@H](C)C1C. The Labute approximate surface area is 140 Å². The van der Waals surface area contributed by atoms with Crippen molar-refractivity contribution in [3.05, 3.63) is 32.6 Å². The molecule has 7 nitrogen and oxygen atoms in total. The zero-order chi connectivity index (χ0) is 18.9. The van der Waals surface area contributed by atoms with Crippen LogP contribution in [-0.2, 0) is 9.47 Å². The van der Waals surface area contributed by atoms with Crippen molar-refractivity contribution >= 4 is 5.97 Å². The molecule has 0 aromatic carbocycles. The summed E-state index contributed by atoms with van der Waals surface area (Å²) in [4.78, 5) is 37.5. The van der Waals surface area contributed by atoms with Crippen molar-refractivity contribution in [2.45, 2.75) is 45.7 Å². The number of aromatic amines is 1. The highest BCUT2D eigenvalue weighted by atomic mass is 19.4. The number of ether oxygens (including phenoxy) is 2. The molecule has 0 saturated carbocycles. The van der Waals surface area contributed by atoms with Gasteiger partial charge < -0.3 is 9.47 Å². The van der Waals surface area contributed by atoms with Gasteiger partial charge in [-0.25, -0.2) is 9.59 Å². The zero-order valence-corrected chi connectivity index (χ0v) is 13.9. The number of alkyl halides is 3. The van der Waals surface area contributed by atoms with E-state index in [0.29, 0.717) is 6.42 Å². The first-order valence-electron chi connectivity index (χ1n) is 7.80. The Morgan fingerprint density at radius 1 is 1.32 bits per heavy atom. The number of nitrogens with zero attached hydrogens (tertiary/aromatic N) is 1. The monoisotopic (exact) mass is 364 g/mol. The van der Waals surface area contributed by atoms with Crippen molar-refractivity contribution in [3.8, 4) is 0 Å². The molecule has 4 atom stereocenters. The summed E-state index contributed by atoms with van der Waals surface area (Å²) >= 11 is 0. The molecule has 0 radical (unpaired) electrons. The predicted octanol–water partition coefficient (Wildman–Crippen LogP) is 1.84. The second-order valence-electron chi connectivity index (χ2n) is 6.09. The van der Waals surface area contributed by atoms with E-state index in [0.717, 1.165) is 10.8 Å². The maximum Gasteiger partial charge on any atom is 0.422 e. The molecule has 25 heavy (non-hydrogen) atoms. The summed E-state index contributed by atoms with van der Waals surface area (Å²) in [5, 5.41) is 0. The third-order valence-corrected chi connectivity index (χ3v) is 4.41. The predicted molar refractivity (Wildman–Crippen MR) is 80.2 cm³/mol. The summed E-state index contributed by atoms with van der Waals surface area (Å²) in [5.74, 6) is -1.44. The van der Waals surface area contributed by atoms with Crippen LogP contribution in [0, 0.1) is 11.8 Å². The number of hydrogen-bond acceptors (Lipinski definition) is 5. The van der Waals surface area contributed by atoms with Crippen LogP contribution in [0.4, 0.5) is 13.2 Å². The van der Waals surface area contributed by atoms with Gasteiger partial charge in [0.2, 0.25) is 0 Å². The van der Waals surface area contributed by atoms with Gasteiger partial charge in [0.05, 0.1) is 6.10 Å². The quantitative estimate of drug-likeness (QED) is 0.824. The van der Waals surface area contributed by atoms with E-state index in [1.165, 1.54) is 0 Å². The molecular formula is C15H19F3N2O5. The minimum absolute atomic E-state index is 0.104. The molecule has 2 rings (SSSR count). The number of esters is 1. The van der Waals surface area contributed by atoms with Crippen LogP contribution in [0.25, 0.3) is 0 Å². The van der Waals surface area contributed by atoms with Crippen molar-refractivity contribution in [2.24, 2.45) is 11.8 Å². The van der Waals surface area contributed by atoms with E-state index in [9.17, 15) is 27.6 Å². The number of aromatic nitrogens is 2. The van der Waals surface area contributed by atoms with Crippen LogP contribution in [0.1, 0.15) is 43.8 Å². The molecule has 1 aromatic rings. The maximum atomic E-state index is 12.2. The van der Waals surface area contributed by atoms with Crippen LogP contribution in [-0.4, -0.2) is 34.4 Å². The lowest BCUT2D eigenvalue weighted by Gasteiger charge is -2.19. The van der Waals surface area contributed by atoms with Crippen molar-refractivity contribution in [1.82, 2.24) is 9.55 Å². The maximum absolute atomic E-state index is 12.2.